The second-order valence-corrected chi connectivity index (χ2v) is 6.72. The molecule has 1 aromatic rings. The minimum absolute atomic E-state index is 1.12. The molecular weight excluding hydrogens is 292 g/mol. The number of benzene rings is 1. The van der Waals surface area contributed by atoms with Gasteiger partial charge in [-0.05, 0) is 24.0 Å². The van der Waals surface area contributed by atoms with Gasteiger partial charge in [0.2, 0.25) is 0 Å². The van der Waals surface area contributed by atoms with Crippen LogP contribution in [0, 0.1) is 0 Å². The van der Waals surface area contributed by atoms with Crippen LogP contribution >= 0.6 is 0 Å². The van der Waals surface area contributed by atoms with Gasteiger partial charge in [-0.25, -0.2) is 0 Å². The first-order valence-electron chi connectivity index (χ1n) is 10.4. The SMILES string of the molecule is CC.CCCCCCCCCc1cccc(CN2CCNCC2)c1. The molecule has 24 heavy (non-hydrogen) atoms. The van der Waals surface area contributed by atoms with E-state index >= 15 is 0 Å². The van der Waals surface area contributed by atoms with E-state index in [1.807, 2.05) is 13.8 Å². The van der Waals surface area contributed by atoms with Crippen LogP contribution in [0.15, 0.2) is 24.3 Å². The fourth-order valence-corrected chi connectivity index (χ4v) is 3.30. The van der Waals surface area contributed by atoms with Crippen molar-refractivity contribution in [2.24, 2.45) is 0 Å². The van der Waals surface area contributed by atoms with Gasteiger partial charge in [-0.1, -0.05) is 83.6 Å². The van der Waals surface area contributed by atoms with Crippen molar-refractivity contribution in [1.29, 1.82) is 0 Å². The van der Waals surface area contributed by atoms with E-state index in [0.29, 0.717) is 0 Å². The van der Waals surface area contributed by atoms with Crippen LogP contribution in [-0.4, -0.2) is 31.1 Å². The van der Waals surface area contributed by atoms with E-state index in [9.17, 15) is 0 Å². The van der Waals surface area contributed by atoms with E-state index in [2.05, 4.69) is 41.4 Å². The van der Waals surface area contributed by atoms with Crippen molar-refractivity contribution in [2.75, 3.05) is 26.2 Å². The van der Waals surface area contributed by atoms with Gasteiger partial charge in [0.15, 0.2) is 0 Å². The highest BCUT2D eigenvalue weighted by molar-refractivity contribution is 5.23. The van der Waals surface area contributed by atoms with Gasteiger partial charge >= 0.3 is 0 Å². The number of hydrogen-bond donors (Lipinski definition) is 1. The van der Waals surface area contributed by atoms with Crippen molar-refractivity contribution in [3.8, 4) is 0 Å². The topological polar surface area (TPSA) is 15.3 Å². The summed E-state index contributed by atoms with van der Waals surface area (Å²) in [7, 11) is 0. The predicted octanol–water partition coefficient (Wildman–Crippen LogP) is 5.41. The maximum Gasteiger partial charge on any atom is 0.0234 e. The Labute approximate surface area is 151 Å². The van der Waals surface area contributed by atoms with Crippen LogP contribution in [0.5, 0.6) is 0 Å². The molecule has 1 aliphatic rings. The zero-order valence-electron chi connectivity index (χ0n) is 16.4. The molecule has 0 spiro atoms. The maximum atomic E-state index is 3.42. The van der Waals surface area contributed by atoms with Crippen LogP contribution in [0.4, 0.5) is 0 Å². The highest BCUT2D eigenvalue weighted by Crippen LogP contribution is 2.13. The molecule has 1 aliphatic heterocycles. The predicted molar refractivity (Wildman–Crippen MR) is 108 cm³/mol. The van der Waals surface area contributed by atoms with E-state index in [4.69, 9.17) is 0 Å². The molecule has 0 radical (unpaired) electrons. The van der Waals surface area contributed by atoms with Crippen molar-refractivity contribution in [3.05, 3.63) is 35.4 Å². The Hall–Kier alpha value is -0.860. The molecule has 2 heteroatoms. The monoisotopic (exact) mass is 332 g/mol. The third-order valence-electron chi connectivity index (χ3n) is 4.68. The molecule has 2 nitrogen and oxygen atoms in total. The molecule has 0 saturated carbocycles. The fourth-order valence-electron chi connectivity index (χ4n) is 3.30. The standard InChI is InChI=1S/C20H34N2.C2H6/c1-2-3-4-5-6-7-8-10-19-11-9-12-20(17-19)18-22-15-13-21-14-16-22;1-2/h9,11-12,17,21H,2-8,10,13-16,18H2,1H3;1-2H3. The number of unbranched alkanes of at least 4 members (excludes halogenated alkanes) is 6. The molecule has 0 bridgehead atoms. The molecule has 0 amide bonds. The Kier molecular flexibility index (Phi) is 12.8. The second-order valence-electron chi connectivity index (χ2n) is 6.72. The first-order chi connectivity index (χ1) is 11.9. The van der Waals surface area contributed by atoms with E-state index in [1.165, 1.54) is 75.6 Å². The third kappa shape index (κ3) is 9.44. The maximum absolute atomic E-state index is 3.42. The lowest BCUT2D eigenvalue weighted by Gasteiger charge is -2.27. The van der Waals surface area contributed by atoms with Gasteiger partial charge in [-0.3, -0.25) is 4.90 Å². The minimum Gasteiger partial charge on any atom is -0.314 e. The smallest absolute Gasteiger partial charge is 0.0234 e. The second kappa shape index (κ2) is 14.5. The van der Waals surface area contributed by atoms with Gasteiger partial charge in [0.1, 0.15) is 0 Å². The van der Waals surface area contributed by atoms with Crippen LogP contribution in [-0.2, 0) is 13.0 Å². The van der Waals surface area contributed by atoms with Gasteiger partial charge in [0, 0.05) is 32.7 Å². The Morgan fingerprint density at radius 2 is 1.50 bits per heavy atom. The first-order valence-corrected chi connectivity index (χ1v) is 10.4. The molecule has 0 aromatic heterocycles. The molecule has 138 valence electrons. The number of nitrogens with zero attached hydrogens (tertiary/aromatic N) is 1. The number of aryl methyl sites for hydroxylation is 1. The summed E-state index contributed by atoms with van der Waals surface area (Å²) in [6.45, 7) is 12.0. The van der Waals surface area contributed by atoms with Gasteiger partial charge in [0.25, 0.3) is 0 Å². The fraction of sp³-hybridized carbons (Fsp3) is 0.727. The average Bonchev–Trinajstić information content (AvgIpc) is 2.64. The lowest BCUT2D eigenvalue weighted by molar-refractivity contribution is 0.233. The van der Waals surface area contributed by atoms with Crippen LogP contribution in [0.1, 0.15) is 76.8 Å². The molecule has 0 unspecified atom stereocenters. The van der Waals surface area contributed by atoms with Crippen molar-refractivity contribution < 1.29 is 0 Å². The van der Waals surface area contributed by atoms with Crippen molar-refractivity contribution in [1.82, 2.24) is 10.2 Å². The Morgan fingerprint density at radius 3 is 2.21 bits per heavy atom. The molecule has 1 N–H and O–H groups in total. The lowest BCUT2D eigenvalue weighted by atomic mass is 10.0. The summed E-state index contributed by atoms with van der Waals surface area (Å²) in [5.74, 6) is 0. The van der Waals surface area contributed by atoms with Gasteiger partial charge in [-0.2, -0.15) is 0 Å². The summed E-state index contributed by atoms with van der Waals surface area (Å²) in [4.78, 5) is 2.56. The number of rotatable bonds is 10. The summed E-state index contributed by atoms with van der Waals surface area (Å²) >= 11 is 0. The Balaban J connectivity index is 0.00000139. The highest BCUT2D eigenvalue weighted by Gasteiger charge is 2.09. The lowest BCUT2D eigenvalue weighted by Crippen LogP contribution is -2.42. The third-order valence-corrected chi connectivity index (χ3v) is 4.68. The summed E-state index contributed by atoms with van der Waals surface area (Å²) < 4.78 is 0. The molecule has 1 aromatic carbocycles. The van der Waals surface area contributed by atoms with E-state index < -0.39 is 0 Å². The Morgan fingerprint density at radius 1 is 0.875 bits per heavy atom. The quantitative estimate of drug-likeness (QED) is 0.576. The molecule has 1 heterocycles. The van der Waals surface area contributed by atoms with Crippen molar-refractivity contribution in [2.45, 2.75) is 78.7 Å². The van der Waals surface area contributed by atoms with Gasteiger partial charge in [0.05, 0.1) is 0 Å². The normalized spacial score (nSPS) is 15.0. The first kappa shape index (κ1) is 21.2. The van der Waals surface area contributed by atoms with Crippen LogP contribution in [0.25, 0.3) is 0 Å². The van der Waals surface area contributed by atoms with Crippen molar-refractivity contribution in [3.63, 3.8) is 0 Å². The zero-order chi connectivity index (χ0) is 17.5. The Bertz CT molecular complexity index is 397. The van der Waals surface area contributed by atoms with Crippen molar-refractivity contribution >= 4 is 0 Å². The molecule has 0 aliphatic carbocycles. The molecule has 1 saturated heterocycles. The van der Waals surface area contributed by atoms with Gasteiger partial charge in [-0.15, -0.1) is 0 Å². The average molecular weight is 333 g/mol. The van der Waals surface area contributed by atoms with Crippen LogP contribution in [0.3, 0.4) is 0 Å². The van der Waals surface area contributed by atoms with E-state index in [0.717, 1.165) is 19.6 Å². The summed E-state index contributed by atoms with van der Waals surface area (Å²) in [5.41, 5.74) is 3.02. The summed E-state index contributed by atoms with van der Waals surface area (Å²) in [6, 6.07) is 9.27. The number of piperazine rings is 1. The number of nitrogens with one attached hydrogen (secondary N) is 1. The summed E-state index contributed by atoms with van der Waals surface area (Å²) in [6.07, 6.45) is 11.0. The molecule has 2 rings (SSSR count). The van der Waals surface area contributed by atoms with E-state index in [1.54, 1.807) is 0 Å². The van der Waals surface area contributed by atoms with E-state index in [-0.39, 0.29) is 0 Å². The largest absolute Gasteiger partial charge is 0.314 e. The number of hydrogen-bond acceptors (Lipinski definition) is 2. The molecular formula is C22H40N2. The van der Waals surface area contributed by atoms with Crippen LogP contribution < -0.4 is 5.32 Å². The highest BCUT2D eigenvalue weighted by atomic mass is 15.2. The minimum atomic E-state index is 1.12. The van der Waals surface area contributed by atoms with Crippen LogP contribution in [0.2, 0.25) is 0 Å². The van der Waals surface area contributed by atoms with Gasteiger partial charge < -0.3 is 5.32 Å². The molecule has 1 fully saturated rings. The zero-order valence-corrected chi connectivity index (χ0v) is 16.4. The summed E-state index contributed by atoms with van der Waals surface area (Å²) in [5, 5.41) is 3.42. The molecule has 0 atom stereocenters.